The fourth-order valence-electron chi connectivity index (χ4n) is 6.02. The summed E-state index contributed by atoms with van der Waals surface area (Å²) in [7, 11) is 1.53. The zero-order valence-electron chi connectivity index (χ0n) is 24.7. The molecule has 2 aliphatic rings. The highest BCUT2D eigenvalue weighted by molar-refractivity contribution is 5.95. The molecule has 0 unspecified atom stereocenters. The zero-order valence-corrected chi connectivity index (χ0v) is 24.7. The summed E-state index contributed by atoms with van der Waals surface area (Å²) in [5, 5.41) is 7.18. The van der Waals surface area contributed by atoms with Crippen molar-refractivity contribution in [3.8, 4) is 11.5 Å². The van der Waals surface area contributed by atoms with Gasteiger partial charge in [0.1, 0.15) is 18.2 Å². The number of hydrogen-bond acceptors (Lipinski definition) is 6. The van der Waals surface area contributed by atoms with E-state index in [0.29, 0.717) is 43.1 Å². The van der Waals surface area contributed by atoms with Gasteiger partial charge in [0.15, 0.2) is 11.5 Å². The Kier molecular flexibility index (Phi) is 8.63. The lowest BCUT2D eigenvalue weighted by Crippen LogP contribution is -2.39. The molecule has 3 amide bonds. The van der Waals surface area contributed by atoms with E-state index in [1.165, 1.54) is 13.2 Å². The van der Waals surface area contributed by atoms with Gasteiger partial charge in [0.2, 0.25) is 11.8 Å². The lowest BCUT2D eigenvalue weighted by atomic mass is 9.88. The fraction of sp³-hybridized carbons (Fsp3) is 0.333. The second-order valence-corrected chi connectivity index (χ2v) is 11.2. The molecule has 2 aliphatic heterocycles. The van der Waals surface area contributed by atoms with Crippen LogP contribution in [0, 0.1) is 17.6 Å². The zero-order chi connectivity index (χ0) is 31.5. The van der Waals surface area contributed by atoms with Crippen LogP contribution in [0.1, 0.15) is 33.8 Å². The van der Waals surface area contributed by atoms with Crippen LogP contribution in [0.4, 0.5) is 8.78 Å². The third kappa shape index (κ3) is 6.45. The molecule has 6 rings (SSSR count). The summed E-state index contributed by atoms with van der Waals surface area (Å²) >= 11 is 0. The van der Waals surface area contributed by atoms with Gasteiger partial charge < -0.3 is 24.6 Å². The van der Waals surface area contributed by atoms with Gasteiger partial charge in [-0.2, -0.15) is 5.10 Å². The molecule has 234 valence electrons. The van der Waals surface area contributed by atoms with Crippen molar-refractivity contribution in [1.82, 2.24) is 24.7 Å². The monoisotopic (exact) mass is 617 g/mol. The minimum absolute atomic E-state index is 0.0913. The van der Waals surface area contributed by atoms with E-state index in [1.54, 1.807) is 44.9 Å². The largest absolute Gasteiger partial charge is 0.493 e. The molecule has 12 heteroatoms. The Labute approximate surface area is 258 Å². The van der Waals surface area contributed by atoms with Gasteiger partial charge in [-0.1, -0.05) is 12.1 Å². The van der Waals surface area contributed by atoms with Crippen molar-refractivity contribution in [2.45, 2.75) is 18.8 Å². The van der Waals surface area contributed by atoms with E-state index in [0.717, 1.165) is 23.2 Å². The van der Waals surface area contributed by atoms with E-state index >= 15 is 0 Å². The molecule has 1 fully saturated rings. The number of ether oxygens (including phenoxy) is 2. The van der Waals surface area contributed by atoms with E-state index < -0.39 is 17.6 Å². The number of nitrogens with zero attached hydrogens (tertiary/aromatic N) is 4. The lowest BCUT2D eigenvalue weighted by molar-refractivity contribution is -0.130. The highest BCUT2D eigenvalue weighted by atomic mass is 19.1. The summed E-state index contributed by atoms with van der Waals surface area (Å²) in [4.78, 5) is 43.6. The number of likely N-dealkylation sites (tertiary alicyclic amines) is 1. The molecule has 1 saturated heterocycles. The van der Waals surface area contributed by atoms with Crippen LogP contribution in [-0.2, 0) is 16.0 Å². The summed E-state index contributed by atoms with van der Waals surface area (Å²) in [5.41, 5.74) is 2.20. The molecule has 4 aromatic rings. The van der Waals surface area contributed by atoms with E-state index in [1.807, 2.05) is 18.2 Å². The third-order valence-corrected chi connectivity index (χ3v) is 8.44. The Bertz CT molecular complexity index is 1740. The molecule has 2 bridgehead atoms. The van der Waals surface area contributed by atoms with Crippen LogP contribution in [0.25, 0.3) is 5.52 Å². The van der Waals surface area contributed by atoms with Crippen molar-refractivity contribution < 1.29 is 32.6 Å². The van der Waals surface area contributed by atoms with E-state index in [4.69, 9.17) is 9.47 Å². The Hall–Kier alpha value is -5.00. The van der Waals surface area contributed by atoms with Gasteiger partial charge in [0.25, 0.3) is 5.91 Å². The molecule has 0 saturated carbocycles. The maximum Gasteiger partial charge on any atom is 0.254 e. The molecule has 45 heavy (non-hydrogen) atoms. The van der Waals surface area contributed by atoms with Crippen molar-refractivity contribution in [3.63, 3.8) is 0 Å². The van der Waals surface area contributed by atoms with Crippen LogP contribution in [-0.4, -0.2) is 83.6 Å². The number of hydrogen-bond donors (Lipinski definition) is 1. The quantitative estimate of drug-likeness (QED) is 0.376. The summed E-state index contributed by atoms with van der Waals surface area (Å²) in [6.07, 6.45) is 3.66. The van der Waals surface area contributed by atoms with E-state index in [9.17, 15) is 23.2 Å². The smallest absolute Gasteiger partial charge is 0.254 e. The molecule has 1 N–H and O–H groups in total. The van der Waals surface area contributed by atoms with Crippen molar-refractivity contribution in [1.29, 1.82) is 0 Å². The first-order chi connectivity index (χ1) is 21.8. The maximum absolute atomic E-state index is 14.3. The average molecular weight is 618 g/mol. The molecular weight excluding hydrogens is 584 g/mol. The first-order valence-electron chi connectivity index (χ1n) is 14.8. The van der Waals surface area contributed by atoms with Gasteiger partial charge >= 0.3 is 0 Å². The number of carbonyl (C=O) groups excluding carboxylic acids is 3. The number of nitrogens with one attached hydrogen (secondary N) is 1. The molecule has 2 aromatic heterocycles. The highest BCUT2D eigenvalue weighted by Gasteiger charge is 2.40. The Morgan fingerprint density at radius 3 is 2.69 bits per heavy atom. The van der Waals surface area contributed by atoms with Crippen LogP contribution >= 0.6 is 0 Å². The second kappa shape index (κ2) is 12.9. The van der Waals surface area contributed by atoms with Gasteiger partial charge in [-0.05, 0) is 53.9 Å². The van der Waals surface area contributed by atoms with Crippen molar-refractivity contribution >= 4 is 23.2 Å². The summed E-state index contributed by atoms with van der Waals surface area (Å²) in [5.74, 6) is -2.21. The van der Waals surface area contributed by atoms with Gasteiger partial charge in [-0.15, -0.1) is 0 Å². The van der Waals surface area contributed by atoms with E-state index in [-0.39, 0.29) is 55.3 Å². The molecule has 2 atom stereocenters. The molecular formula is C33H33F2N5O5. The van der Waals surface area contributed by atoms with Gasteiger partial charge in [0, 0.05) is 56.1 Å². The SMILES string of the molecule is COc1ccc2cc1OCCN(C(=O)c1ccn3nccc3c1)CCCNC(=O)[C@H]1CN(C(=O)Cc3ccc(F)cc3F)C[C@H]21. The molecule has 2 aromatic carbocycles. The van der Waals surface area contributed by atoms with Crippen molar-refractivity contribution in [3.05, 3.63) is 95.3 Å². The second-order valence-electron chi connectivity index (χ2n) is 11.2. The maximum atomic E-state index is 14.3. The fourth-order valence-corrected chi connectivity index (χ4v) is 6.02. The Morgan fingerprint density at radius 1 is 1.02 bits per heavy atom. The summed E-state index contributed by atoms with van der Waals surface area (Å²) < 4.78 is 41.1. The van der Waals surface area contributed by atoms with Crippen LogP contribution in [0.3, 0.4) is 0 Å². The number of aromatic nitrogens is 2. The number of fused-ring (bicyclic) bond motifs is 5. The van der Waals surface area contributed by atoms with Gasteiger partial charge in [-0.25, -0.2) is 13.3 Å². The number of halogens is 2. The normalized spacial score (nSPS) is 19.0. The summed E-state index contributed by atoms with van der Waals surface area (Å²) in [6, 6.07) is 13.9. The van der Waals surface area contributed by atoms with Crippen LogP contribution in [0.2, 0.25) is 0 Å². The number of carbonyl (C=O) groups is 3. The van der Waals surface area contributed by atoms with Gasteiger partial charge in [-0.3, -0.25) is 14.4 Å². The van der Waals surface area contributed by atoms with Crippen molar-refractivity contribution in [2.75, 3.05) is 46.4 Å². The minimum Gasteiger partial charge on any atom is -0.493 e. The lowest BCUT2D eigenvalue weighted by Gasteiger charge is -2.25. The number of pyridine rings is 1. The van der Waals surface area contributed by atoms with Crippen LogP contribution in [0.15, 0.2) is 67.0 Å². The molecule has 0 radical (unpaired) electrons. The van der Waals surface area contributed by atoms with E-state index in [2.05, 4.69) is 10.4 Å². The number of methoxy groups -OCH3 is 1. The molecule has 0 aliphatic carbocycles. The number of benzene rings is 2. The number of amides is 3. The first kappa shape index (κ1) is 30.0. The van der Waals surface area contributed by atoms with Crippen LogP contribution < -0.4 is 14.8 Å². The van der Waals surface area contributed by atoms with Crippen molar-refractivity contribution in [2.24, 2.45) is 5.92 Å². The third-order valence-electron chi connectivity index (χ3n) is 8.44. The Balaban J connectivity index is 1.22. The highest BCUT2D eigenvalue weighted by Crippen LogP contribution is 2.38. The Morgan fingerprint density at radius 2 is 1.87 bits per heavy atom. The predicted molar refractivity (Wildman–Crippen MR) is 160 cm³/mol. The first-order valence-corrected chi connectivity index (χ1v) is 14.8. The molecule has 4 heterocycles. The molecule has 0 spiro atoms. The number of rotatable bonds is 4. The molecule has 10 nitrogen and oxygen atoms in total. The van der Waals surface area contributed by atoms with Crippen LogP contribution in [0.5, 0.6) is 11.5 Å². The average Bonchev–Trinajstić information content (AvgIpc) is 3.70. The van der Waals surface area contributed by atoms with Gasteiger partial charge in [0.05, 0.1) is 31.5 Å². The minimum atomic E-state index is -0.786. The standard InChI is InChI=1S/C33H33F2N5O5/c1-44-29-6-4-21-16-30(29)45-14-13-38(33(43)23-8-12-40-25(15-23)7-10-37-40)11-2-9-36-32(42)27-20-39(19-26(21)27)31(41)17-22-3-5-24(34)18-28(22)35/h3-8,10,12,15-16,18,26-27H,2,9,11,13-14,17,19-20H2,1H3,(H,36,42)/t26-,27+/m1/s1. The summed E-state index contributed by atoms with van der Waals surface area (Å²) in [6.45, 7) is 1.61. The predicted octanol–water partition coefficient (Wildman–Crippen LogP) is 3.45. The topological polar surface area (TPSA) is 105 Å².